The molecule has 1 aromatic heterocycles. The van der Waals surface area contributed by atoms with E-state index < -0.39 is 0 Å². The molecule has 0 bridgehead atoms. The van der Waals surface area contributed by atoms with Crippen molar-refractivity contribution in [2.45, 2.75) is 13.0 Å². The molecule has 1 unspecified atom stereocenters. The Labute approximate surface area is 118 Å². The van der Waals surface area contributed by atoms with Gasteiger partial charge in [0.25, 0.3) is 5.91 Å². The first-order chi connectivity index (χ1) is 9.16. The summed E-state index contributed by atoms with van der Waals surface area (Å²) in [4.78, 5) is 11.6. The molecule has 0 spiro atoms. The monoisotopic (exact) mass is 324 g/mol. The van der Waals surface area contributed by atoms with E-state index in [1.54, 1.807) is 0 Å². The molecule has 0 aliphatic carbocycles. The molecule has 19 heavy (non-hydrogen) atoms. The number of rotatable bonds is 5. The summed E-state index contributed by atoms with van der Waals surface area (Å²) >= 11 is 3.40. The zero-order valence-electron chi connectivity index (χ0n) is 10.3. The molecule has 0 saturated carbocycles. The van der Waals surface area contributed by atoms with Crippen molar-refractivity contribution in [3.05, 3.63) is 40.6 Å². The van der Waals surface area contributed by atoms with Crippen LogP contribution in [-0.2, 0) is 0 Å². The summed E-state index contributed by atoms with van der Waals surface area (Å²) in [7, 11) is 0. The molecule has 7 heteroatoms. The van der Waals surface area contributed by atoms with Gasteiger partial charge in [-0.1, -0.05) is 12.1 Å². The number of amides is 1. The highest BCUT2D eigenvalue weighted by Crippen LogP contribution is 2.24. The maximum absolute atomic E-state index is 11.6. The van der Waals surface area contributed by atoms with Crippen molar-refractivity contribution in [3.63, 3.8) is 0 Å². The van der Waals surface area contributed by atoms with Crippen LogP contribution in [0.4, 0.5) is 0 Å². The van der Waals surface area contributed by atoms with Gasteiger partial charge in [-0.05, 0) is 35.0 Å². The Balaban J connectivity index is 1.84. The summed E-state index contributed by atoms with van der Waals surface area (Å²) in [5.74, 6) is 0.460. The van der Waals surface area contributed by atoms with E-state index in [1.165, 1.54) is 6.20 Å². The van der Waals surface area contributed by atoms with Gasteiger partial charge in [-0.3, -0.25) is 4.79 Å². The van der Waals surface area contributed by atoms with Crippen LogP contribution in [0.2, 0.25) is 0 Å². The molecule has 1 atom stereocenters. The number of carbonyl (C=O) groups is 1. The lowest BCUT2D eigenvalue weighted by Gasteiger charge is -2.16. The lowest BCUT2D eigenvalue weighted by atomic mass is 10.3. The minimum absolute atomic E-state index is 0.158. The minimum Gasteiger partial charge on any atom is -0.488 e. The molecule has 1 heterocycles. The molecule has 1 amide bonds. The number of halogens is 1. The van der Waals surface area contributed by atoms with Gasteiger partial charge in [-0.15, -0.1) is 0 Å². The van der Waals surface area contributed by atoms with Crippen molar-refractivity contribution in [2.75, 3.05) is 6.54 Å². The fourth-order valence-electron chi connectivity index (χ4n) is 1.44. The Kier molecular flexibility index (Phi) is 4.51. The Morgan fingerprint density at radius 3 is 3.00 bits per heavy atom. The van der Waals surface area contributed by atoms with Crippen LogP contribution in [-0.4, -0.2) is 34.0 Å². The molecule has 100 valence electrons. The number of nitrogens with one attached hydrogen (secondary N) is 2. The highest BCUT2D eigenvalue weighted by Gasteiger charge is 2.11. The minimum atomic E-state index is -0.281. The number of nitrogens with zero attached hydrogens (tertiary/aromatic N) is 2. The average Bonchev–Trinajstić information content (AvgIpc) is 2.93. The van der Waals surface area contributed by atoms with E-state index in [2.05, 4.69) is 36.7 Å². The third-order valence-electron chi connectivity index (χ3n) is 2.36. The molecule has 2 rings (SSSR count). The number of H-pyrrole nitrogens is 1. The second-order valence-corrected chi connectivity index (χ2v) is 4.78. The van der Waals surface area contributed by atoms with Gasteiger partial charge in [0.15, 0.2) is 5.69 Å². The van der Waals surface area contributed by atoms with Crippen LogP contribution in [0.5, 0.6) is 5.75 Å². The molecule has 2 aromatic rings. The number of aromatic amines is 1. The summed E-state index contributed by atoms with van der Waals surface area (Å²) in [6, 6.07) is 7.56. The van der Waals surface area contributed by atoms with Crippen LogP contribution in [0, 0.1) is 0 Å². The second-order valence-electron chi connectivity index (χ2n) is 3.92. The normalized spacial score (nSPS) is 11.9. The molecule has 0 aliphatic rings. The molecular formula is C12H13BrN4O2. The summed E-state index contributed by atoms with van der Waals surface area (Å²) in [6.45, 7) is 2.26. The topological polar surface area (TPSA) is 79.9 Å². The molecule has 0 radical (unpaired) electrons. The molecule has 1 aromatic carbocycles. The number of ether oxygens (including phenoxy) is 1. The van der Waals surface area contributed by atoms with Crippen molar-refractivity contribution >= 4 is 21.8 Å². The zero-order valence-corrected chi connectivity index (χ0v) is 11.8. The van der Waals surface area contributed by atoms with Gasteiger partial charge >= 0.3 is 0 Å². The summed E-state index contributed by atoms with van der Waals surface area (Å²) < 4.78 is 6.59. The highest BCUT2D eigenvalue weighted by atomic mass is 79.9. The number of para-hydroxylation sites is 1. The lowest BCUT2D eigenvalue weighted by Crippen LogP contribution is -2.33. The fraction of sp³-hybridized carbons (Fsp3) is 0.250. The van der Waals surface area contributed by atoms with E-state index >= 15 is 0 Å². The standard InChI is InChI=1S/C12H13BrN4O2/c1-8(19-11-5-3-2-4-9(11)13)6-14-12(18)10-7-15-17-16-10/h2-5,7-8H,6H2,1H3,(H,14,18)(H,15,16,17). The third kappa shape index (κ3) is 3.78. The fourth-order valence-corrected chi connectivity index (χ4v) is 1.81. The Morgan fingerprint density at radius 2 is 2.32 bits per heavy atom. The predicted octanol–water partition coefficient (Wildman–Crippen LogP) is 1.76. The van der Waals surface area contributed by atoms with Crippen LogP contribution >= 0.6 is 15.9 Å². The van der Waals surface area contributed by atoms with Crippen LogP contribution in [0.25, 0.3) is 0 Å². The van der Waals surface area contributed by atoms with E-state index in [1.807, 2.05) is 31.2 Å². The average molecular weight is 325 g/mol. The van der Waals surface area contributed by atoms with Gasteiger partial charge in [-0.25, -0.2) is 0 Å². The van der Waals surface area contributed by atoms with Crippen LogP contribution < -0.4 is 10.1 Å². The Morgan fingerprint density at radius 1 is 1.53 bits per heavy atom. The van der Waals surface area contributed by atoms with E-state index in [4.69, 9.17) is 4.74 Å². The molecule has 6 nitrogen and oxygen atoms in total. The first-order valence-corrected chi connectivity index (χ1v) is 6.51. The first kappa shape index (κ1) is 13.5. The lowest BCUT2D eigenvalue weighted by molar-refractivity contribution is 0.0927. The van der Waals surface area contributed by atoms with Crippen LogP contribution in [0.1, 0.15) is 17.4 Å². The zero-order chi connectivity index (χ0) is 13.7. The number of carbonyl (C=O) groups excluding carboxylic acids is 1. The molecule has 0 aliphatic heterocycles. The quantitative estimate of drug-likeness (QED) is 0.878. The largest absolute Gasteiger partial charge is 0.488 e. The highest BCUT2D eigenvalue weighted by molar-refractivity contribution is 9.10. The second kappa shape index (κ2) is 6.33. The molecule has 0 fully saturated rings. The number of hydrogen-bond donors (Lipinski definition) is 2. The van der Waals surface area contributed by atoms with E-state index in [0.29, 0.717) is 6.54 Å². The predicted molar refractivity (Wildman–Crippen MR) is 72.9 cm³/mol. The van der Waals surface area contributed by atoms with Gasteiger partial charge < -0.3 is 10.1 Å². The SMILES string of the molecule is CC(CNC(=O)c1cn[nH]n1)Oc1ccccc1Br. The number of hydrogen-bond acceptors (Lipinski definition) is 4. The molecule has 0 saturated heterocycles. The van der Waals surface area contributed by atoms with E-state index in [-0.39, 0.29) is 17.7 Å². The van der Waals surface area contributed by atoms with Crippen molar-refractivity contribution in [3.8, 4) is 5.75 Å². The smallest absolute Gasteiger partial charge is 0.273 e. The van der Waals surface area contributed by atoms with Gasteiger partial charge in [-0.2, -0.15) is 15.4 Å². The van der Waals surface area contributed by atoms with E-state index in [9.17, 15) is 4.79 Å². The third-order valence-corrected chi connectivity index (χ3v) is 3.02. The first-order valence-electron chi connectivity index (χ1n) is 5.72. The van der Waals surface area contributed by atoms with E-state index in [0.717, 1.165) is 10.2 Å². The number of benzene rings is 1. The summed E-state index contributed by atoms with van der Waals surface area (Å²) in [6.07, 6.45) is 1.21. The van der Waals surface area contributed by atoms with Crippen LogP contribution in [0.3, 0.4) is 0 Å². The Bertz CT molecular complexity index is 544. The maximum Gasteiger partial charge on any atom is 0.273 e. The maximum atomic E-state index is 11.6. The molecule has 2 N–H and O–H groups in total. The van der Waals surface area contributed by atoms with Gasteiger partial charge in [0.2, 0.25) is 0 Å². The van der Waals surface area contributed by atoms with Crippen molar-refractivity contribution in [1.29, 1.82) is 0 Å². The molecular weight excluding hydrogens is 312 g/mol. The van der Waals surface area contributed by atoms with Gasteiger partial charge in [0, 0.05) is 0 Å². The van der Waals surface area contributed by atoms with Gasteiger partial charge in [0.1, 0.15) is 11.9 Å². The van der Waals surface area contributed by atoms with Crippen molar-refractivity contribution < 1.29 is 9.53 Å². The summed E-state index contributed by atoms with van der Waals surface area (Å²) in [5.41, 5.74) is 0.257. The van der Waals surface area contributed by atoms with Crippen molar-refractivity contribution in [2.24, 2.45) is 0 Å². The van der Waals surface area contributed by atoms with Gasteiger partial charge in [0.05, 0.1) is 17.2 Å². The Hall–Kier alpha value is -1.89. The number of aromatic nitrogens is 3. The van der Waals surface area contributed by atoms with Crippen LogP contribution in [0.15, 0.2) is 34.9 Å². The summed E-state index contributed by atoms with van der Waals surface area (Å²) in [5, 5.41) is 12.4. The van der Waals surface area contributed by atoms with Crippen molar-refractivity contribution in [1.82, 2.24) is 20.7 Å².